The van der Waals surface area contributed by atoms with E-state index in [1.54, 1.807) is 0 Å². The number of rotatable bonds is 7. The number of hydrogen-bond donors (Lipinski definition) is 1. The molecular weight excluding hydrogens is 382 g/mol. The number of benzene rings is 2. The molecule has 2 aliphatic heterocycles. The Labute approximate surface area is 187 Å². The molecule has 0 aliphatic carbocycles. The Morgan fingerprint density at radius 3 is 2.13 bits per heavy atom. The van der Waals surface area contributed by atoms with Crippen molar-refractivity contribution in [1.82, 2.24) is 15.1 Å². The van der Waals surface area contributed by atoms with Crippen molar-refractivity contribution in [3.8, 4) is 11.1 Å². The van der Waals surface area contributed by atoms with Crippen LogP contribution in [-0.2, 0) is 0 Å². The van der Waals surface area contributed by atoms with Crippen molar-refractivity contribution >= 4 is 5.91 Å². The van der Waals surface area contributed by atoms with E-state index in [2.05, 4.69) is 46.3 Å². The first-order valence-electron chi connectivity index (χ1n) is 12.1. The van der Waals surface area contributed by atoms with Gasteiger partial charge in [0.1, 0.15) is 0 Å². The lowest BCUT2D eigenvalue weighted by Gasteiger charge is -2.40. The molecule has 0 unspecified atom stereocenters. The standard InChI is InChI=1S/C27H37N3O/c1-22-6-8-23(9-7-22)24-10-12-25(13-11-24)27(31)28-16-5-17-29-20-14-26(15-21-29)30-18-3-2-4-19-30/h6-13,26H,2-5,14-21H2,1H3,(H,28,31). The third-order valence-corrected chi connectivity index (χ3v) is 6.93. The van der Waals surface area contributed by atoms with Crippen LogP contribution in [-0.4, -0.2) is 61.0 Å². The van der Waals surface area contributed by atoms with Gasteiger partial charge in [0.15, 0.2) is 0 Å². The number of nitrogens with zero attached hydrogens (tertiary/aromatic N) is 2. The summed E-state index contributed by atoms with van der Waals surface area (Å²) in [5.41, 5.74) is 4.32. The molecule has 1 N–H and O–H groups in total. The second-order valence-corrected chi connectivity index (χ2v) is 9.22. The molecule has 0 aromatic heterocycles. The van der Waals surface area contributed by atoms with Gasteiger partial charge in [-0.1, -0.05) is 48.4 Å². The third kappa shape index (κ3) is 6.18. The van der Waals surface area contributed by atoms with Crippen LogP contribution < -0.4 is 5.32 Å². The average molecular weight is 420 g/mol. The first-order valence-corrected chi connectivity index (χ1v) is 12.1. The van der Waals surface area contributed by atoms with Crippen LogP contribution in [0.15, 0.2) is 48.5 Å². The number of carbonyl (C=O) groups excluding carboxylic acids is 1. The lowest BCUT2D eigenvalue weighted by atomic mass is 10.00. The Balaban J connectivity index is 1.15. The highest BCUT2D eigenvalue weighted by molar-refractivity contribution is 5.94. The van der Waals surface area contributed by atoms with Crippen molar-refractivity contribution < 1.29 is 4.79 Å². The first-order chi connectivity index (χ1) is 15.2. The number of nitrogens with one attached hydrogen (secondary N) is 1. The normalized spacial score (nSPS) is 18.7. The Bertz CT molecular complexity index is 817. The molecule has 2 fully saturated rings. The average Bonchev–Trinajstić information content (AvgIpc) is 2.83. The highest BCUT2D eigenvalue weighted by Gasteiger charge is 2.25. The molecule has 0 spiro atoms. The van der Waals surface area contributed by atoms with E-state index >= 15 is 0 Å². The van der Waals surface area contributed by atoms with Crippen molar-refractivity contribution in [1.29, 1.82) is 0 Å². The van der Waals surface area contributed by atoms with Gasteiger partial charge in [-0.05, 0) is 95.0 Å². The maximum Gasteiger partial charge on any atom is 0.251 e. The van der Waals surface area contributed by atoms with Gasteiger partial charge in [-0.15, -0.1) is 0 Å². The molecule has 2 aliphatic rings. The van der Waals surface area contributed by atoms with Crippen LogP contribution in [0, 0.1) is 6.92 Å². The molecule has 0 atom stereocenters. The van der Waals surface area contributed by atoms with Crippen LogP contribution in [0.25, 0.3) is 11.1 Å². The topological polar surface area (TPSA) is 35.6 Å². The highest BCUT2D eigenvalue weighted by Crippen LogP contribution is 2.21. The molecule has 2 saturated heterocycles. The van der Waals surface area contributed by atoms with Gasteiger partial charge in [0.2, 0.25) is 0 Å². The summed E-state index contributed by atoms with van der Waals surface area (Å²) in [5, 5.41) is 3.09. The zero-order valence-electron chi connectivity index (χ0n) is 19.0. The van der Waals surface area contributed by atoms with Gasteiger partial charge in [-0.25, -0.2) is 0 Å². The number of piperidine rings is 2. The lowest BCUT2D eigenvalue weighted by Crippen LogP contribution is -2.47. The molecule has 2 aromatic carbocycles. The monoisotopic (exact) mass is 419 g/mol. The number of amides is 1. The Kier molecular flexibility index (Phi) is 7.76. The van der Waals surface area contributed by atoms with Crippen molar-refractivity contribution in [3.63, 3.8) is 0 Å². The summed E-state index contributed by atoms with van der Waals surface area (Å²) in [6, 6.07) is 17.2. The van der Waals surface area contributed by atoms with Gasteiger partial charge in [-0.3, -0.25) is 4.79 Å². The second kappa shape index (κ2) is 10.9. The van der Waals surface area contributed by atoms with Crippen LogP contribution in [0.2, 0.25) is 0 Å². The summed E-state index contributed by atoms with van der Waals surface area (Å²) in [6.07, 6.45) is 7.81. The maximum absolute atomic E-state index is 12.5. The van der Waals surface area contributed by atoms with Crippen molar-refractivity contribution in [3.05, 3.63) is 59.7 Å². The van der Waals surface area contributed by atoms with Crippen LogP contribution in [0.5, 0.6) is 0 Å². The smallest absolute Gasteiger partial charge is 0.251 e. The van der Waals surface area contributed by atoms with E-state index < -0.39 is 0 Å². The van der Waals surface area contributed by atoms with E-state index in [1.807, 2.05) is 24.3 Å². The van der Waals surface area contributed by atoms with Crippen LogP contribution in [0.3, 0.4) is 0 Å². The predicted octanol–water partition coefficient (Wildman–Crippen LogP) is 4.73. The predicted molar refractivity (Wildman–Crippen MR) is 128 cm³/mol. The summed E-state index contributed by atoms with van der Waals surface area (Å²) in [7, 11) is 0. The zero-order chi connectivity index (χ0) is 21.5. The molecule has 4 rings (SSSR count). The third-order valence-electron chi connectivity index (χ3n) is 6.93. The molecule has 2 heterocycles. The van der Waals surface area contributed by atoms with Gasteiger partial charge >= 0.3 is 0 Å². The van der Waals surface area contributed by atoms with E-state index in [0.29, 0.717) is 0 Å². The molecule has 0 saturated carbocycles. The number of carbonyl (C=O) groups is 1. The summed E-state index contributed by atoms with van der Waals surface area (Å²) in [4.78, 5) is 17.8. The molecule has 0 radical (unpaired) electrons. The van der Waals surface area contributed by atoms with Gasteiger partial charge in [0.05, 0.1) is 0 Å². The van der Waals surface area contributed by atoms with Gasteiger partial charge in [0, 0.05) is 18.2 Å². The summed E-state index contributed by atoms with van der Waals surface area (Å²) in [6.45, 7) is 8.94. The Hall–Kier alpha value is -2.17. The van der Waals surface area contributed by atoms with Gasteiger partial charge < -0.3 is 15.1 Å². The fraction of sp³-hybridized carbons (Fsp3) is 0.519. The van der Waals surface area contributed by atoms with E-state index in [9.17, 15) is 4.79 Å². The molecule has 0 bridgehead atoms. The molecule has 4 nitrogen and oxygen atoms in total. The Morgan fingerprint density at radius 2 is 1.48 bits per heavy atom. The van der Waals surface area contributed by atoms with Crippen LogP contribution in [0.4, 0.5) is 0 Å². The van der Waals surface area contributed by atoms with Crippen molar-refractivity contribution in [2.75, 3.05) is 39.3 Å². The van der Waals surface area contributed by atoms with E-state index in [1.165, 1.54) is 69.4 Å². The largest absolute Gasteiger partial charge is 0.352 e. The highest BCUT2D eigenvalue weighted by atomic mass is 16.1. The lowest BCUT2D eigenvalue weighted by molar-refractivity contribution is 0.0903. The first kappa shape index (κ1) is 22.0. The number of aryl methyl sites for hydroxylation is 1. The quantitative estimate of drug-likeness (QED) is 0.659. The van der Waals surface area contributed by atoms with E-state index in [0.717, 1.165) is 36.7 Å². The molecule has 31 heavy (non-hydrogen) atoms. The fourth-order valence-electron chi connectivity index (χ4n) is 4.96. The zero-order valence-corrected chi connectivity index (χ0v) is 19.0. The molecule has 4 heteroatoms. The second-order valence-electron chi connectivity index (χ2n) is 9.22. The van der Waals surface area contributed by atoms with Crippen molar-refractivity contribution in [2.45, 2.75) is 51.5 Å². The SMILES string of the molecule is Cc1ccc(-c2ccc(C(=O)NCCCN3CCC(N4CCCCC4)CC3)cc2)cc1. The molecule has 166 valence electrons. The van der Waals surface area contributed by atoms with Gasteiger partial charge in [-0.2, -0.15) is 0 Å². The number of hydrogen-bond acceptors (Lipinski definition) is 3. The molecule has 2 aromatic rings. The van der Waals surface area contributed by atoms with E-state index in [4.69, 9.17) is 0 Å². The minimum atomic E-state index is 0.0271. The summed E-state index contributed by atoms with van der Waals surface area (Å²) in [5.74, 6) is 0.0271. The van der Waals surface area contributed by atoms with Crippen LogP contribution in [0.1, 0.15) is 54.4 Å². The maximum atomic E-state index is 12.5. The summed E-state index contributed by atoms with van der Waals surface area (Å²) >= 11 is 0. The van der Waals surface area contributed by atoms with Gasteiger partial charge in [0.25, 0.3) is 5.91 Å². The minimum Gasteiger partial charge on any atom is -0.352 e. The van der Waals surface area contributed by atoms with E-state index in [-0.39, 0.29) is 5.91 Å². The van der Waals surface area contributed by atoms with Crippen molar-refractivity contribution in [2.24, 2.45) is 0 Å². The minimum absolute atomic E-state index is 0.0271. The number of likely N-dealkylation sites (tertiary alicyclic amines) is 2. The fourth-order valence-corrected chi connectivity index (χ4v) is 4.96. The Morgan fingerprint density at radius 1 is 0.871 bits per heavy atom. The van der Waals surface area contributed by atoms with Crippen LogP contribution >= 0.6 is 0 Å². The molecule has 1 amide bonds. The summed E-state index contributed by atoms with van der Waals surface area (Å²) < 4.78 is 0. The molecular formula is C27H37N3O.